The molecular weight excluding hydrogens is 270 g/mol. The molecule has 0 spiro atoms. The third kappa shape index (κ3) is 3.53. The number of rotatable bonds is 5. The van der Waals surface area contributed by atoms with Gasteiger partial charge in [0.05, 0.1) is 7.11 Å². The van der Waals surface area contributed by atoms with Crippen molar-refractivity contribution >= 4 is 0 Å². The van der Waals surface area contributed by atoms with Crippen LogP contribution in [0, 0.1) is 0 Å². The van der Waals surface area contributed by atoms with E-state index in [1.165, 1.54) is 22.3 Å². The van der Waals surface area contributed by atoms with E-state index in [9.17, 15) is 0 Å². The molecule has 3 rings (SSSR count). The van der Waals surface area contributed by atoms with Gasteiger partial charge in [0.15, 0.2) is 0 Å². The molecule has 2 aromatic carbocycles. The minimum absolute atomic E-state index is 0.919. The average Bonchev–Trinajstić information content (AvgIpc) is 2.61. The number of aryl methyl sites for hydroxylation is 2. The molecule has 1 heterocycles. The molecule has 0 saturated carbocycles. The van der Waals surface area contributed by atoms with Gasteiger partial charge in [-0.05, 0) is 59.4 Å². The van der Waals surface area contributed by atoms with E-state index in [4.69, 9.17) is 4.74 Å². The molecule has 2 nitrogen and oxygen atoms in total. The molecule has 0 aliphatic heterocycles. The minimum Gasteiger partial charge on any atom is -0.497 e. The summed E-state index contributed by atoms with van der Waals surface area (Å²) in [5.74, 6) is 0.919. The van der Waals surface area contributed by atoms with Gasteiger partial charge in [-0.1, -0.05) is 36.4 Å². The van der Waals surface area contributed by atoms with Gasteiger partial charge in [0.2, 0.25) is 0 Å². The molecule has 0 aliphatic carbocycles. The van der Waals surface area contributed by atoms with Gasteiger partial charge in [-0.25, -0.2) is 0 Å². The fraction of sp³-hybridized carbons (Fsp3) is 0.150. The standard InChI is InChI=1S/C20H19NO/c1-22-20-7-3-5-17(15-20)9-8-16-4-2-6-19(14-16)18-10-12-21-13-11-18/h2-7,10-15H,8-9H2,1H3. The highest BCUT2D eigenvalue weighted by atomic mass is 16.5. The van der Waals surface area contributed by atoms with Crippen molar-refractivity contribution in [3.63, 3.8) is 0 Å². The van der Waals surface area contributed by atoms with Crippen LogP contribution in [0.4, 0.5) is 0 Å². The molecule has 1 aromatic heterocycles. The zero-order valence-corrected chi connectivity index (χ0v) is 12.7. The Kier molecular flexibility index (Phi) is 4.50. The van der Waals surface area contributed by atoms with Gasteiger partial charge in [0.1, 0.15) is 5.75 Å². The SMILES string of the molecule is COc1cccc(CCc2cccc(-c3ccncc3)c2)c1. The van der Waals surface area contributed by atoms with E-state index in [0.29, 0.717) is 0 Å². The van der Waals surface area contributed by atoms with Crippen LogP contribution in [0.1, 0.15) is 11.1 Å². The lowest BCUT2D eigenvalue weighted by Crippen LogP contribution is -1.93. The predicted octanol–water partition coefficient (Wildman–Crippen LogP) is 4.54. The summed E-state index contributed by atoms with van der Waals surface area (Å²) in [6, 6.07) is 21.1. The molecular formula is C20H19NO. The normalized spacial score (nSPS) is 10.4. The highest BCUT2D eigenvalue weighted by Gasteiger charge is 2.01. The highest BCUT2D eigenvalue weighted by molar-refractivity contribution is 5.63. The molecule has 0 unspecified atom stereocenters. The van der Waals surface area contributed by atoms with Crippen LogP contribution in [0.3, 0.4) is 0 Å². The number of methoxy groups -OCH3 is 1. The van der Waals surface area contributed by atoms with Gasteiger partial charge in [0.25, 0.3) is 0 Å². The Morgan fingerprint density at radius 2 is 1.45 bits per heavy atom. The molecule has 0 amide bonds. The molecule has 0 aliphatic rings. The Hall–Kier alpha value is -2.61. The summed E-state index contributed by atoms with van der Waals surface area (Å²) in [7, 11) is 1.71. The van der Waals surface area contributed by atoms with Crippen molar-refractivity contribution in [1.82, 2.24) is 4.98 Å². The largest absolute Gasteiger partial charge is 0.497 e. The first-order valence-corrected chi connectivity index (χ1v) is 7.47. The quantitative estimate of drug-likeness (QED) is 0.688. The van der Waals surface area contributed by atoms with Crippen LogP contribution in [-0.4, -0.2) is 12.1 Å². The summed E-state index contributed by atoms with van der Waals surface area (Å²) < 4.78 is 5.28. The van der Waals surface area contributed by atoms with E-state index in [2.05, 4.69) is 41.4 Å². The van der Waals surface area contributed by atoms with Gasteiger partial charge in [0, 0.05) is 12.4 Å². The summed E-state index contributed by atoms with van der Waals surface area (Å²) in [5.41, 5.74) is 5.09. The smallest absolute Gasteiger partial charge is 0.119 e. The van der Waals surface area contributed by atoms with Crippen LogP contribution >= 0.6 is 0 Å². The van der Waals surface area contributed by atoms with Crippen molar-refractivity contribution < 1.29 is 4.74 Å². The van der Waals surface area contributed by atoms with E-state index in [-0.39, 0.29) is 0 Å². The van der Waals surface area contributed by atoms with E-state index < -0.39 is 0 Å². The maximum absolute atomic E-state index is 5.28. The third-order valence-corrected chi connectivity index (χ3v) is 3.78. The highest BCUT2D eigenvalue weighted by Crippen LogP contribution is 2.21. The van der Waals surface area contributed by atoms with Gasteiger partial charge < -0.3 is 4.74 Å². The average molecular weight is 289 g/mol. The second-order valence-corrected chi connectivity index (χ2v) is 5.29. The number of nitrogens with zero attached hydrogens (tertiary/aromatic N) is 1. The number of aromatic nitrogens is 1. The van der Waals surface area contributed by atoms with Gasteiger partial charge in [-0.3, -0.25) is 4.98 Å². The summed E-state index contributed by atoms with van der Waals surface area (Å²) >= 11 is 0. The first kappa shape index (κ1) is 14.3. The molecule has 2 heteroatoms. The number of pyridine rings is 1. The van der Waals surface area contributed by atoms with E-state index in [0.717, 1.165) is 18.6 Å². The van der Waals surface area contributed by atoms with Crippen LogP contribution in [0.25, 0.3) is 11.1 Å². The van der Waals surface area contributed by atoms with Crippen molar-refractivity contribution in [2.45, 2.75) is 12.8 Å². The first-order valence-electron chi connectivity index (χ1n) is 7.47. The van der Waals surface area contributed by atoms with Crippen LogP contribution in [0.5, 0.6) is 5.75 Å². The maximum Gasteiger partial charge on any atom is 0.119 e. The molecule has 110 valence electrons. The third-order valence-electron chi connectivity index (χ3n) is 3.78. The van der Waals surface area contributed by atoms with E-state index in [1.54, 1.807) is 7.11 Å². The van der Waals surface area contributed by atoms with Crippen molar-refractivity contribution in [2.75, 3.05) is 7.11 Å². The second-order valence-electron chi connectivity index (χ2n) is 5.29. The van der Waals surface area contributed by atoms with Crippen molar-refractivity contribution in [3.8, 4) is 16.9 Å². The lowest BCUT2D eigenvalue weighted by molar-refractivity contribution is 0.414. The van der Waals surface area contributed by atoms with Crippen LogP contribution in [-0.2, 0) is 12.8 Å². The van der Waals surface area contributed by atoms with Gasteiger partial charge in [-0.2, -0.15) is 0 Å². The molecule has 0 saturated heterocycles. The monoisotopic (exact) mass is 289 g/mol. The summed E-state index contributed by atoms with van der Waals surface area (Å²) in [4.78, 5) is 4.07. The summed E-state index contributed by atoms with van der Waals surface area (Å²) in [6.45, 7) is 0. The number of benzene rings is 2. The lowest BCUT2D eigenvalue weighted by Gasteiger charge is -2.07. The second kappa shape index (κ2) is 6.90. The number of hydrogen-bond donors (Lipinski definition) is 0. The topological polar surface area (TPSA) is 22.1 Å². The van der Waals surface area contributed by atoms with E-state index in [1.807, 2.05) is 36.7 Å². The van der Waals surface area contributed by atoms with Crippen LogP contribution < -0.4 is 4.74 Å². The number of hydrogen-bond acceptors (Lipinski definition) is 2. The Morgan fingerprint density at radius 1 is 0.773 bits per heavy atom. The maximum atomic E-state index is 5.28. The van der Waals surface area contributed by atoms with E-state index >= 15 is 0 Å². The molecule has 0 radical (unpaired) electrons. The van der Waals surface area contributed by atoms with Crippen molar-refractivity contribution in [2.24, 2.45) is 0 Å². The molecule has 22 heavy (non-hydrogen) atoms. The fourth-order valence-electron chi connectivity index (χ4n) is 2.57. The molecule has 0 fully saturated rings. The van der Waals surface area contributed by atoms with Gasteiger partial charge in [-0.15, -0.1) is 0 Å². The fourth-order valence-corrected chi connectivity index (χ4v) is 2.57. The summed E-state index contributed by atoms with van der Waals surface area (Å²) in [6.07, 6.45) is 5.69. The Balaban J connectivity index is 1.73. The first-order chi connectivity index (χ1) is 10.8. The van der Waals surface area contributed by atoms with Gasteiger partial charge >= 0.3 is 0 Å². The molecule has 0 atom stereocenters. The van der Waals surface area contributed by atoms with Crippen LogP contribution in [0.2, 0.25) is 0 Å². The molecule has 0 bridgehead atoms. The predicted molar refractivity (Wildman–Crippen MR) is 90.1 cm³/mol. The Labute approximate surface area is 131 Å². The summed E-state index contributed by atoms with van der Waals surface area (Å²) in [5, 5.41) is 0. The number of ether oxygens (including phenoxy) is 1. The minimum atomic E-state index is 0.919. The Morgan fingerprint density at radius 3 is 2.18 bits per heavy atom. The van der Waals surface area contributed by atoms with Crippen LogP contribution in [0.15, 0.2) is 73.1 Å². The zero-order valence-electron chi connectivity index (χ0n) is 12.7. The van der Waals surface area contributed by atoms with Crippen molar-refractivity contribution in [3.05, 3.63) is 84.2 Å². The molecule has 3 aromatic rings. The Bertz CT molecular complexity index is 737. The molecule has 0 N–H and O–H groups in total. The van der Waals surface area contributed by atoms with Crippen molar-refractivity contribution in [1.29, 1.82) is 0 Å². The lowest BCUT2D eigenvalue weighted by atomic mass is 10.00. The zero-order chi connectivity index (χ0) is 15.2.